The Balaban J connectivity index is 2.20. The van der Waals surface area contributed by atoms with Gasteiger partial charge in [-0.2, -0.15) is 0 Å². The smallest absolute Gasteiger partial charge is 0.235 e. The van der Waals surface area contributed by atoms with Gasteiger partial charge in [0, 0.05) is 5.92 Å². The highest BCUT2D eigenvalue weighted by Crippen LogP contribution is 2.40. The molecule has 0 bridgehead atoms. The third-order valence-corrected chi connectivity index (χ3v) is 4.65. The van der Waals surface area contributed by atoms with E-state index in [1.165, 1.54) is 11.1 Å². The van der Waals surface area contributed by atoms with Gasteiger partial charge in [-0.3, -0.25) is 9.69 Å². The first-order chi connectivity index (χ1) is 11.2. The third kappa shape index (κ3) is 2.70. The summed E-state index contributed by atoms with van der Waals surface area (Å²) in [5.74, 6) is 0.166. The van der Waals surface area contributed by atoms with E-state index in [-0.39, 0.29) is 11.8 Å². The maximum atomic E-state index is 13.2. The largest absolute Gasteiger partial charge is 0.280 e. The standard InChI is InChI=1S/C21H23NO/c1-4-9-18-14-17-11-6-7-13-19(17)22(21(18)23)20-15(3)10-8-12-16(20)5-2/h4,6-8,10-13,18H,1,5,9,14H2,2-3H3. The first-order valence-corrected chi connectivity index (χ1v) is 8.28. The second-order valence-corrected chi connectivity index (χ2v) is 6.16. The van der Waals surface area contributed by atoms with Gasteiger partial charge in [-0.25, -0.2) is 0 Å². The molecule has 1 amide bonds. The van der Waals surface area contributed by atoms with Crippen molar-refractivity contribution in [2.24, 2.45) is 5.92 Å². The fourth-order valence-corrected chi connectivity index (χ4v) is 3.50. The van der Waals surface area contributed by atoms with Crippen molar-refractivity contribution in [2.45, 2.75) is 33.1 Å². The molecule has 0 radical (unpaired) electrons. The van der Waals surface area contributed by atoms with Gasteiger partial charge in [0.2, 0.25) is 5.91 Å². The lowest BCUT2D eigenvalue weighted by Crippen LogP contribution is -2.38. The summed E-state index contributed by atoms with van der Waals surface area (Å²) in [6, 6.07) is 14.5. The maximum absolute atomic E-state index is 13.2. The molecule has 23 heavy (non-hydrogen) atoms. The Morgan fingerprint density at radius 3 is 2.74 bits per heavy atom. The molecule has 3 rings (SSSR count). The van der Waals surface area contributed by atoms with Crippen molar-refractivity contribution >= 4 is 17.3 Å². The maximum Gasteiger partial charge on any atom is 0.235 e. The zero-order valence-corrected chi connectivity index (χ0v) is 13.9. The molecule has 0 aromatic heterocycles. The van der Waals surface area contributed by atoms with Crippen LogP contribution in [0.3, 0.4) is 0 Å². The Morgan fingerprint density at radius 1 is 1.22 bits per heavy atom. The first-order valence-electron chi connectivity index (χ1n) is 8.28. The Morgan fingerprint density at radius 2 is 2.00 bits per heavy atom. The first kappa shape index (κ1) is 15.5. The predicted octanol–water partition coefficient (Wildman–Crippen LogP) is 4.97. The number of rotatable bonds is 4. The monoisotopic (exact) mass is 305 g/mol. The van der Waals surface area contributed by atoms with Crippen LogP contribution < -0.4 is 4.90 Å². The van der Waals surface area contributed by atoms with Crippen LogP contribution in [-0.4, -0.2) is 5.91 Å². The molecule has 0 aliphatic carbocycles. The molecular formula is C21H23NO. The van der Waals surface area contributed by atoms with Crippen LogP contribution >= 0.6 is 0 Å². The van der Waals surface area contributed by atoms with E-state index in [2.05, 4.69) is 56.8 Å². The number of para-hydroxylation sites is 2. The van der Waals surface area contributed by atoms with Crippen molar-refractivity contribution in [3.63, 3.8) is 0 Å². The van der Waals surface area contributed by atoms with Crippen molar-refractivity contribution < 1.29 is 4.79 Å². The van der Waals surface area contributed by atoms with E-state index in [1.54, 1.807) is 0 Å². The van der Waals surface area contributed by atoms with Gasteiger partial charge in [-0.1, -0.05) is 49.4 Å². The number of amides is 1. The number of fused-ring (bicyclic) bond motifs is 1. The SMILES string of the molecule is C=CCC1Cc2ccccc2N(c2c(C)cccc2CC)C1=O. The average Bonchev–Trinajstić information content (AvgIpc) is 2.56. The lowest BCUT2D eigenvalue weighted by Gasteiger charge is -2.36. The number of carbonyl (C=O) groups excluding carboxylic acids is 1. The molecule has 1 atom stereocenters. The van der Waals surface area contributed by atoms with E-state index in [0.717, 1.165) is 36.2 Å². The van der Waals surface area contributed by atoms with E-state index in [9.17, 15) is 4.79 Å². The van der Waals surface area contributed by atoms with Gasteiger partial charge in [0.25, 0.3) is 0 Å². The average molecular weight is 305 g/mol. The zero-order chi connectivity index (χ0) is 16.4. The second kappa shape index (κ2) is 6.41. The van der Waals surface area contributed by atoms with Crippen LogP contribution in [0.15, 0.2) is 55.1 Å². The highest BCUT2D eigenvalue weighted by molar-refractivity contribution is 6.05. The Hall–Kier alpha value is -2.35. The number of nitrogens with zero attached hydrogens (tertiary/aromatic N) is 1. The van der Waals surface area contributed by atoms with E-state index in [4.69, 9.17) is 0 Å². The molecule has 1 aliphatic heterocycles. The molecule has 1 heterocycles. The lowest BCUT2D eigenvalue weighted by atomic mass is 9.88. The minimum absolute atomic E-state index is 0.0216. The fraction of sp³-hybridized carbons (Fsp3) is 0.286. The molecule has 0 saturated heterocycles. The van der Waals surface area contributed by atoms with Gasteiger partial charge < -0.3 is 0 Å². The quantitative estimate of drug-likeness (QED) is 0.730. The fourth-order valence-electron chi connectivity index (χ4n) is 3.50. The summed E-state index contributed by atoms with van der Waals surface area (Å²) in [5, 5.41) is 0. The van der Waals surface area contributed by atoms with Crippen molar-refractivity contribution in [3.05, 3.63) is 71.8 Å². The van der Waals surface area contributed by atoms with Crippen LogP contribution in [0, 0.1) is 12.8 Å². The molecule has 0 spiro atoms. The van der Waals surface area contributed by atoms with Crippen LogP contribution in [0.25, 0.3) is 0 Å². The molecule has 0 saturated carbocycles. The van der Waals surface area contributed by atoms with E-state index in [0.29, 0.717) is 0 Å². The molecule has 118 valence electrons. The summed E-state index contributed by atoms with van der Waals surface area (Å²) >= 11 is 0. The lowest BCUT2D eigenvalue weighted by molar-refractivity contribution is -0.121. The number of carbonyl (C=O) groups is 1. The predicted molar refractivity (Wildman–Crippen MR) is 96.2 cm³/mol. The molecule has 1 aliphatic rings. The van der Waals surface area contributed by atoms with Gasteiger partial charge in [-0.15, -0.1) is 6.58 Å². The number of benzene rings is 2. The summed E-state index contributed by atoms with van der Waals surface area (Å²) in [7, 11) is 0. The molecule has 1 unspecified atom stereocenters. The topological polar surface area (TPSA) is 20.3 Å². The van der Waals surface area contributed by atoms with Gasteiger partial charge in [0.1, 0.15) is 0 Å². The summed E-state index contributed by atoms with van der Waals surface area (Å²) in [6.45, 7) is 8.05. The number of hydrogen-bond donors (Lipinski definition) is 0. The highest BCUT2D eigenvalue weighted by Gasteiger charge is 2.34. The molecular weight excluding hydrogens is 282 g/mol. The van der Waals surface area contributed by atoms with Gasteiger partial charge in [0.05, 0.1) is 11.4 Å². The van der Waals surface area contributed by atoms with Gasteiger partial charge in [0.15, 0.2) is 0 Å². The summed E-state index contributed by atoms with van der Waals surface area (Å²) in [5.41, 5.74) is 5.69. The summed E-state index contributed by atoms with van der Waals surface area (Å²) in [4.78, 5) is 15.1. The van der Waals surface area contributed by atoms with Crippen molar-refractivity contribution in [1.82, 2.24) is 0 Å². The van der Waals surface area contributed by atoms with Crippen LogP contribution in [0.2, 0.25) is 0 Å². The molecule has 2 heteroatoms. The van der Waals surface area contributed by atoms with E-state index in [1.807, 2.05) is 17.0 Å². The number of allylic oxidation sites excluding steroid dienone is 1. The minimum Gasteiger partial charge on any atom is -0.280 e. The Bertz CT molecular complexity index is 747. The van der Waals surface area contributed by atoms with Crippen molar-refractivity contribution in [2.75, 3.05) is 4.90 Å². The normalized spacial score (nSPS) is 17.0. The minimum atomic E-state index is -0.0216. The molecule has 2 aromatic carbocycles. The summed E-state index contributed by atoms with van der Waals surface area (Å²) < 4.78 is 0. The number of hydrogen-bond acceptors (Lipinski definition) is 1. The number of anilines is 2. The Labute approximate surface area is 138 Å². The second-order valence-electron chi connectivity index (χ2n) is 6.16. The number of aryl methyl sites for hydroxylation is 2. The van der Waals surface area contributed by atoms with Gasteiger partial charge >= 0.3 is 0 Å². The summed E-state index contributed by atoms with van der Waals surface area (Å²) in [6.07, 6.45) is 4.28. The highest BCUT2D eigenvalue weighted by atomic mass is 16.2. The molecule has 2 aromatic rings. The zero-order valence-electron chi connectivity index (χ0n) is 13.9. The van der Waals surface area contributed by atoms with E-state index < -0.39 is 0 Å². The van der Waals surface area contributed by atoms with Crippen LogP contribution in [0.4, 0.5) is 11.4 Å². The van der Waals surface area contributed by atoms with Crippen LogP contribution in [-0.2, 0) is 17.6 Å². The Kier molecular flexibility index (Phi) is 4.33. The molecule has 0 fully saturated rings. The van der Waals surface area contributed by atoms with Crippen LogP contribution in [0.1, 0.15) is 30.0 Å². The third-order valence-electron chi connectivity index (χ3n) is 4.65. The van der Waals surface area contributed by atoms with Crippen molar-refractivity contribution in [1.29, 1.82) is 0 Å². The molecule has 0 N–H and O–H groups in total. The van der Waals surface area contributed by atoms with Gasteiger partial charge in [-0.05, 0) is 48.9 Å². The van der Waals surface area contributed by atoms with Crippen molar-refractivity contribution in [3.8, 4) is 0 Å². The van der Waals surface area contributed by atoms with Crippen LogP contribution in [0.5, 0.6) is 0 Å². The molecule has 2 nitrogen and oxygen atoms in total. The van der Waals surface area contributed by atoms with E-state index >= 15 is 0 Å².